The predicted octanol–water partition coefficient (Wildman–Crippen LogP) is 1.45. The average Bonchev–Trinajstić information content (AvgIpc) is 2.25. The summed E-state index contributed by atoms with van der Waals surface area (Å²) in [5.74, 6) is 0.428. The summed E-state index contributed by atoms with van der Waals surface area (Å²) < 4.78 is 5.62. The second-order valence-corrected chi connectivity index (χ2v) is 4.90. The highest BCUT2D eigenvalue weighted by Crippen LogP contribution is 2.40. The lowest BCUT2D eigenvalue weighted by molar-refractivity contribution is -0.111. The summed E-state index contributed by atoms with van der Waals surface area (Å²) >= 11 is 0. The van der Waals surface area contributed by atoms with E-state index in [2.05, 4.69) is 0 Å². The Morgan fingerprint density at radius 3 is 2.59 bits per heavy atom. The maximum Gasteiger partial charge on any atom is 0.159 e. The number of benzene rings is 1. The molecule has 0 amide bonds. The first kappa shape index (κ1) is 12.1. The Balaban J connectivity index is 2.50. The molecular formula is C13H16O4. The van der Waals surface area contributed by atoms with Gasteiger partial charge in [0.1, 0.15) is 23.6 Å². The van der Waals surface area contributed by atoms with Crippen LogP contribution in [0.2, 0.25) is 0 Å². The largest absolute Gasteiger partial charge is 0.485 e. The molecule has 0 saturated heterocycles. The van der Waals surface area contributed by atoms with Crippen LogP contribution in [0.3, 0.4) is 0 Å². The molecule has 1 aliphatic rings. The van der Waals surface area contributed by atoms with Gasteiger partial charge in [0.25, 0.3) is 0 Å². The molecule has 4 nitrogen and oxygen atoms in total. The van der Waals surface area contributed by atoms with Crippen LogP contribution < -0.4 is 4.74 Å². The number of carbonyl (C=O) groups is 1. The minimum Gasteiger partial charge on any atom is -0.485 e. The first-order valence-electron chi connectivity index (χ1n) is 5.53. The maximum atomic E-state index is 11.3. The van der Waals surface area contributed by atoms with Crippen molar-refractivity contribution in [3.63, 3.8) is 0 Å². The van der Waals surface area contributed by atoms with Gasteiger partial charge in [-0.05, 0) is 39.0 Å². The third-order valence-corrected chi connectivity index (χ3v) is 3.12. The second kappa shape index (κ2) is 3.82. The Morgan fingerprint density at radius 1 is 1.35 bits per heavy atom. The number of hydrogen-bond donors (Lipinski definition) is 2. The molecule has 1 aromatic rings. The topological polar surface area (TPSA) is 66.8 Å². The molecule has 0 saturated carbocycles. The van der Waals surface area contributed by atoms with Gasteiger partial charge in [0, 0.05) is 11.1 Å². The summed E-state index contributed by atoms with van der Waals surface area (Å²) in [6.07, 6.45) is -2.05. The molecule has 1 heterocycles. The van der Waals surface area contributed by atoms with Crippen molar-refractivity contribution in [2.45, 2.75) is 38.6 Å². The lowest BCUT2D eigenvalue weighted by atomic mass is 9.87. The third-order valence-electron chi connectivity index (χ3n) is 3.12. The molecule has 0 spiro atoms. The quantitative estimate of drug-likeness (QED) is 0.724. The van der Waals surface area contributed by atoms with E-state index in [1.54, 1.807) is 32.0 Å². The normalized spacial score (nSPS) is 25.9. The summed E-state index contributed by atoms with van der Waals surface area (Å²) in [4.78, 5) is 11.3. The van der Waals surface area contributed by atoms with Gasteiger partial charge in [-0.3, -0.25) is 4.79 Å². The van der Waals surface area contributed by atoms with E-state index in [9.17, 15) is 15.0 Å². The summed E-state index contributed by atoms with van der Waals surface area (Å²) in [6.45, 7) is 4.88. The lowest BCUT2D eigenvalue weighted by Crippen LogP contribution is -2.48. The van der Waals surface area contributed by atoms with Crippen LogP contribution in [-0.2, 0) is 0 Å². The van der Waals surface area contributed by atoms with Gasteiger partial charge in [0.05, 0.1) is 0 Å². The first-order chi connectivity index (χ1) is 7.83. The van der Waals surface area contributed by atoms with Crippen molar-refractivity contribution in [1.29, 1.82) is 0 Å². The molecule has 0 bridgehead atoms. The zero-order chi connectivity index (χ0) is 12.8. The highest BCUT2D eigenvalue weighted by atomic mass is 16.5. The van der Waals surface area contributed by atoms with Gasteiger partial charge in [-0.2, -0.15) is 0 Å². The molecule has 0 radical (unpaired) electrons. The second-order valence-electron chi connectivity index (χ2n) is 4.90. The van der Waals surface area contributed by atoms with E-state index in [0.717, 1.165) is 0 Å². The first-order valence-corrected chi connectivity index (χ1v) is 5.53. The van der Waals surface area contributed by atoms with E-state index in [1.807, 2.05) is 0 Å². The summed E-state index contributed by atoms with van der Waals surface area (Å²) in [5.41, 5.74) is 0.118. The van der Waals surface area contributed by atoms with Crippen LogP contribution in [0, 0.1) is 0 Å². The molecule has 0 fully saturated rings. The molecule has 17 heavy (non-hydrogen) atoms. The number of aliphatic hydroxyl groups is 2. The molecule has 2 unspecified atom stereocenters. The number of ketones is 1. The minimum absolute atomic E-state index is 0.0840. The molecule has 2 N–H and O–H groups in total. The van der Waals surface area contributed by atoms with Crippen molar-refractivity contribution in [1.82, 2.24) is 0 Å². The Morgan fingerprint density at radius 2 is 2.00 bits per heavy atom. The molecule has 0 aromatic heterocycles. The Hall–Kier alpha value is -1.39. The smallest absolute Gasteiger partial charge is 0.159 e. The number of rotatable bonds is 1. The van der Waals surface area contributed by atoms with Crippen molar-refractivity contribution in [2.75, 3.05) is 0 Å². The van der Waals surface area contributed by atoms with E-state index in [4.69, 9.17) is 4.74 Å². The molecule has 0 aliphatic carbocycles. The Labute approximate surface area is 99.8 Å². The van der Waals surface area contributed by atoms with Crippen molar-refractivity contribution < 1.29 is 19.7 Å². The lowest BCUT2D eigenvalue weighted by Gasteiger charge is -2.40. The number of aliphatic hydroxyl groups excluding tert-OH is 2. The standard InChI is InChI=1S/C13H16O4/c1-7(14)8-4-5-10-9(6-8)11(15)12(16)13(2,3)17-10/h4-6,11-12,15-16H,1-3H3. The Bertz CT molecular complexity index is 464. The molecule has 2 atom stereocenters. The van der Waals surface area contributed by atoms with Crippen LogP contribution in [0.5, 0.6) is 5.75 Å². The fourth-order valence-electron chi connectivity index (χ4n) is 1.99. The van der Waals surface area contributed by atoms with Gasteiger partial charge < -0.3 is 14.9 Å². The van der Waals surface area contributed by atoms with Crippen LogP contribution in [0.4, 0.5) is 0 Å². The zero-order valence-corrected chi connectivity index (χ0v) is 10.1. The number of hydrogen-bond acceptors (Lipinski definition) is 4. The van der Waals surface area contributed by atoms with Crippen LogP contribution in [0.15, 0.2) is 18.2 Å². The van der Waals surface area contributed by atoms with E-state index in [1.165, 1.54) is 6.92 Å². The van der Waals surface area contributed by atoms with Crippen molar-refractivity contribution in [3.05, 3.63) is 29.3 Å². The van der Waals surface area contributed by atoms with Crippen molar-refractivity contribution in [3.8, 4) is 5.75 Å². The van der Waals surface area contributed by atoms with E-state index in [0.29, 0.717) is 16.9 Å². The average molecular weight is 236 g/mol. The van der Waals surface area contributed by atoms with Crippen molar-refractivity contribution >= 4 is 5.78 Å². The summed E-state index contributed by atoms with van der Waals surface area (Å²) in [7, 11) is 0. The Kier molecular flexibility index (Phi) is 2.72. The number of ether oxygens (including phenoxy) is 1. The molecule has 2 rings (SSSR count). The van der Waals surface area contributed by atoms with Crippen molar-refractivity contribution in [2.24, 2.45) is 0 Å². The van der Waals surface area contributed by atoms with E-state index in [-0.39, 0.29) is 5.78 Å². The number of carbonyl (C=O) groups excluding carboxylic acids is 1. The fraction of sp³-hybridized carbons (Fsp3) is 0.462. The molecule has 92 valence electrons. The SMILES string of the molecule is CC(=O)c1ccc2c(c1)C(O)C(O)C(C)(C)O2. The molecule has 1 aromatic carbocycles. The van der Waals surface area contributed by atoms with E-state index >= 15 is 0 Å². The minimum atomic E-state index is -1.03. The van der Waals surface area contributed by atoms with Gasteiger partial charge in [0.15, 0.2) is 5.78 Å². The molecular weight excluding hydrogens is 220 g/mol. The summed E-state index contributed by atoms with van der Waals surface area (Å²) in [5, 5.41) is 20.0. The fourth-order valence-corrected chi connectivity index (χ4v) is 1.99. The van der Waals surface area contributed by atoms with Crippen LogP contribution >= 0.6 is 0 Å². The zero-order valence-electron chi connectivity index (χ0n) is 10.1. The van der Waals surface area contributed by atoms with Crippen LogP contribution in [0.1, 0.15) is 42.8 Å². The molecule has 4 heteroatoms. The highest BCUT2D eigenvalue weighted by molar-refractivity contribution is 5.94. The van der Waals surface area contributed by atoms with Gasteiger partial charge in [-0.15, -0.1) is 0 Å². The van der Waals surface area contributed by atoms with Crippen LogP contribution in [-0.4, -0.2) is 27.7 Å². The van der Waals surface area contributed by atoms with Crippen LogP contribution in [0.25, 0.3) is 0 Å². The highest BCUT2D eigenvalue weighted by Gasteiger charge is 2.42. The van der Waals surface area contributed by atoms with Gasteiger partial charge in [0.2, 0.25) is 0 Å². The van der Waals surface area contributed by atoms with Gasteiger partial charge >= 0.3 is 0 Å². The third kappa shape index (κ3) is 1.94. The monoisotopic (exact) mass is 236 g/mol. The van der Waals surface area contributed by atoms with E-state index < -0.39 is 17.8 Å². The number of fused-ring (bicyclic) bond motifs is 1. The van der Waals surface area contributed by atoms with Gasteiger partial charge in [-0.1, -0.05) is 0 Å². The summed E-state index contributed by atoms with van der Waals surface area (Å²) in [6, 6.07) is 4.88. The molecule has 1 aliphatic heterocycles. The maximum absolute atomic E-state index is 11.3. The van der Waals surface area contributed by atoms with Gasteiger partial charge in [-0.25, -0.2) is 0 Å². The number of Topliss-reactive ketones (excluding diaryl/α,β-unsaturated/α-hetero) is 1. The predicted molar refractivity (Wildman–Crippen MR) is 62.1 cm³/mol.